The first-order valence-electron chi connectivity index (χ1n) is 7.24. The molecule has 0 saturated heterocycles. The highest BCUT2D eigenvalue weighted by Gasteiger charge is 2.17. The Balaban J connectivity index is 1.64. The van der Waals surface area contributed by atoms with Crippen molar-refractivity contribution < 1.29 is 14.3 Å². The summed E-state index contributed by atoms with van der Waals surface area (Å²) in [5.41, 5.74) is 2.28. The maximum atomic E-state index is 12.2. The van der Waals surface area contributed by atoms with Gasteiger partial charge in [-0.05, 0) is 17.7 Å². The molecule has 6 nitrogen and oxygen atoms in total. The molecule has 0 aliphatic carbocycles. The van der Waals surface area contributed by atoms with Gasteiger partial charge in [0.1, 0.15) is 5.75 Å². The Hall–Kier alpha value is -3.02. The summed E-state index contributed by atoms with van der Waals surface area (Å²) in [5, 5.41) is 5.53. The first-order valence-corrected chi connectivity index (χ1v) is 7.24. The Kier molecular flexibility index (Phi) is 4.14. The summed E-state index contributed by atoms with van der Waals surface area (Å²) in [6.07, 6.45) is 0. The SMILES string of the molecule is CN(Cc1ccccc1)C(=O)Nc1ccc2c(c1)OCC(=O)N2. The van der Waals surface area contributed by atoms with Crippen LogP contribution < -0.4 is 15.4 Å². The fourth-order valence-corrected chi connectivity index (χ4v) is 2.30. The second-order valence-corrected chi connectivity index (χ2v) is 5.32. The molecule has 2 N–H and O–H groups in total. The maximum absolute atomic E-state index is 12.2. The van der Waals surface area contributed by atoms with Crippen molar-refractivity contribution >= 4 is 23.3 Å². The van der Waals surface area contributed by atoms with Gasteiger partial charge in [0.05, 0.1) is 5.69 Å². The molecular formula is C17H17N3O3. The molecule has 3 rings (SSSR count). The number of benzene rings is 2. The van der Waals surface area contributed by atoms with Gasteiger partial charge in [-0.25, -0.2) is 4.79 Å². The molecule has 118 valence electrons. The summed E-state index contributed by atoms with van der Waals surface area (Å²) in [6.45, 7) is 0.502. The van der Waals surface area contributed by atoms with Crippen LogP contribution in [-0.4, -0.2) is 30.5 Å². The van der Waals surface area contributed by atoms with E-state index in [1.165, 1.54) is 0 Å². The first kappa shape index (κ1) is 14.9. The minimum atomic E-state index is -0.214. The zero-order valence-electron chi connectivity index (χ0n) is 12.7. The largest absolute Gasteiger partial charge is 0.482 e. The normalized spacial score (nSPS) is 12.7. The summed E-state index contributed by atoms with van der Waals surface area (Å²) in [4.78, 5) is 25.1. The smallest absolute Gasteiger partial charge is 0.321 e. The number of urea groups is 1. The molecular weight excluding hydrogens is 294 g/mol. The quantitative estimate of drug-likeness (QED) is 0.915. The van der Waals surface area contributed by atoms with Gasteiger partial charge in [-0.2, -0.15) is 0 Å². The lowest BCUT2D eigenvalue weighted by Crippen LogP contribution is -2.31. The third-order valence-electron chi connectivity index (χ3n) is 3.48. The zero-order valence-corrected chi connectivity index (χ0v) is 12.7. The maximum Gasteiger partial charge on any atom is 0.321 e. The Morgan fingerprint density at radius 2 is 2.04 bits per heavy atom. The van der Waals surface area contributed by atoms with Crippen molar-refractivity contribution in [2.45, 2.75) is 6.54 Å². The van der Waals surface area contributed by atoms with E-state index in [1.807, 2.05) is 30.3 Å². The molecule has 0 saturated carbocycles. The fourth-order valence-electron chi connectivity index (χ4n) is 2.30. The molecule has 23 heavy (non-hydrogen) atoms. The van der Waals surface area contributed by atoms with E-state index in [0.29, 0.717) is 23.7 Å². The molecule has 1 aliphatic heterocycles. The molecule has 2 aromatic carbocycles. The van der Waals surface area contributed by atoms with Gasteiger partial charge < -0.3 is 20.3 Å². The predicted molar refractivity (Wildman–Crippen MR) is 87.5 cm³/mol. The van der Waals surface area contributed by atoms with Gasteiger partial charge in [-0.15, -0.1) is 0 Å². The van der Waals surface area contributed by atoms with E-state index in [9.17, 15) is 9.59 Å². The van der Waals surface area contributed by atoms with Crippen molar-refractivity contribution in [3.05, 3.63) is 54.1 Å². The summed E-state index contributed by atoms with van der Waals surface area (Å²) >= 11 is 0. The molecule has 0 bridgehead atoms. The van der Waals surface area contributed by atoms with Gasteiger partial charge >= 0.3 is 6.03 Å². The van der Waals surface area contributed by atoms with E-state index in [4.69, 9.17) is 4.74 Å². The van der Waals surface area contributed by atoms with E-state index in [-0.39, 0.29) is 18.5 Å². The van der Waals surface area contributed by atoms with E-state index in [1.54, 1.807) is 30.1 Å². The average molecular weight is 311 g/mol. The number of hydrogen-bond acceptors (Lipinski definition) is 3. The van der Waals surface area contributed by atoms with Gasteiger partial charge in [0.25, 0.3) is 5.91 Å². The van der Waals surface area contributed by atoms with Crippen LogP contribution in [-0.2, 0) is 11.3 Å². The van der Waals surface area contributed by atoms with E-state index < -0.39 is 0 Å². The van der Waals surface area contributed by atoms with Crippen LogP contribution in [0.2, 0.25) is 0 Å². The topological polar surface area (TPSA) is 70.7 Å². The molecule has 0 spiro atoms. The molecule has 6 heteroatoms. The van der Waals surface area contributed by atoms with Crippen molar-refractivity contribution in [3.8, 4) is 5.75 Å². The third kappa shape index (κ3) is 3.60. The van der Waals surface area contributed by atoms with Gasteiger partial charge in [0.15, 0.2) is 6.61 Å². The number of hydrogen-bond donors (Lipinski definition) is 2. The number of nitrogens with zero attached hydrogens (tertiary/aromatic N) is 1. The average Bonchev–Trinajstić information content (AvgIpc) is 2.56. The van der Waals surface area contributed by atoms with Crippen molar-refractivity contribution in [2.75, 3.05) is 24.3 Å². The lowest BCUT2D eigenvalue weighted by Gasteiger charge is -2.21. The van der Waals surface area contributed by atoms with Gasteiger partial charge in [0.2, 0.25) is 0 Å². The highest BCUT2D eigenvalue weighted by Crippen LogP contribution is 2.30. The minimum Gasteiger partial charge on any atom is -0.482 e. The second kappa shape index (κ2) is 6.39. The van der Waals surface area contributed by atoms with Crippen molar-refractivity contribution in [3.63, 3.8) is 0 Å². The molecule has 0 atom stereocenters. The monoisotopic (exact) mass is 311 g/mol. The summed E-state index contributed by atoms with van der Waals surface area (Å²) < 4.78 is 5.34. The Morgan fingerprint density at radius 1 is 1.26 bits per heavy atom. The molecule has 0 unspecified atom stereocenters. The summed E-state index contributed by atoms with van der Waals surface area (Å²) in [6, 6.07) is 14.7. The lowest BCUT2D eigenvalue weighted by molar-refractivity contribution is -0.118. The number of rotatable bonds is 3. The fraction of sp³-hybridized carbons (Fsp3) is 0.176. The number of carbonyl (C=O) groups is 2. The van der Waals surface area contributed by atoms with E-state index >= 15 is 0 Å². The van der Waals surface area contributed by atoms with Crippen LogP contribution in [0.3, 0.4) is 0 Å². The van der Waals surface area contributed by atoms with Crippen LogP contribution in [0.25, 0.3) is 0 Å². The lowest BCUT2D eigenvalue weighted by atomic mass is 10.2. The number of anilines is 2. The standard InChI is InChI=1S/C17H17N3O3/c1-20(10-12-5-3-2-4-6-12)17(22)18-13-7-8-14-15(9-13)23-11-16(21)19-14/h2-9H,10-11H2,1H3,(H,18,22)(H,19,21). The van der Waals surface area contributed by atoms with E-state index in [0.717, 1.165) is 5.56 Å². The van der Waals surface area contributed by atoms with Crippen LogP contribution in [0.1, 0.15) is 5.56 Å². The van der Waals surface area contributed by atoms with Gasteiger partial charge in [0, 0.05) is 25.3 Å². The number of nitrogens with one attached hydrogen (secondary N) is 2. The molecule has 0 aromatic heterocycles. The van der Waals surface area contributed by atoms with Crippen molar-refractivity contribution in [1.29, 1.82) is 0 Å². The van der Waals surface area contributed by atoms with E-state index in [2.05, 4.69) is 10.6 Å². The minimum absolute atomic E-state index is 0.0156. The van der Waals surface area contributed by atoms with Crippen LogP contribution in [0, 0.1) is 0 Å². The summed E-state index contributed by atoms with van der Waals surface area (Å²) in [5.74, 6) is 0.366. The summed E-state index contributed by atoms with van der Waals surface area (Å²) in [7, 11) is 1.73. The number of carbonyl (C=O) groups excluding carboxylic acids is 2. The second-order valence-electron chi connectivity index (χ2n) is 5.32. The third-order valence-corrected chi connectivity index (χ3v) is 3.48. The molecule has 0 radical (unpaired) electrons. The van der Waals surface area contributed by atoms with Crippen molar-refractivity contribution in [2.24, 2.45) is 0 Å². The Labute approximate surface area is 134 Å². The van der Waals surface area contributed by atoms with Crippen molar-refractivity contribution in [1.82, 2.24) is 4.90 Å². The van der Waals surface area contributed by atoms with Gasteiger partial charge in [-0.3, -0.25) is 4.79 Å². The molecule has 3 amide bonds. The Morgan fingerprint density at radius 3 is 2.83 bits per heavy atom. The first-order chi connectivity index (χ1) is 11.1. The molecule has 1 heterocycles. The number of ether oxygens (including phenoxy) is 1. The van der Waals surface area contributed by atoms with Gasteiger partial charge in [-0.1, -0.05) is 30.3 Å². The highest BCUT2D eigenvalue weighted by molar-refractivity contribution is 5.96. The number of amides is 3. The number of fused-ring (bicyclic) bond motifs is 1. The predicted octanol–water partition coefficient (Wildman–Crippen LogP) is 2.68. The Bertz CT molecular complexity index is 731. The zero-order chi connectivity index (χ0) is 16.2. The highest BCUT2D eigenvalue weighted by atomic mass is 16.5. The van der Waals surface area contributed by atoms with Crippen LogP contribution in [0.5, 0.6) is 5.75 Å². The molecule has 2 aromatic rings. The van der Waals surface area contributed by atoms with Crippen LogP contribution in [0.4, 0.5) is 16.2 Å². The molecule has 1 aliphatic rings. The van der Waals surface area contributed by atoms with Crippen LogP contribution in [0.15, 0.2) is 48.5 Å². The molecule has 0 fully saturated rings. The van der Waals surface area contributed by atoms with Crippen LogP contribution >= 0.6 is 0 Å².